The third-order valence-electron chi connectivity index (χ3n) is 1.80. The molecule has 1 aromatic heterocycles. The van der Waals surface area contributed by atoms with Crippen LogP contribution in [0.2, 0.25) is 0 Å². The molecule has 0 bridgehead atoms. The zero-order valence-electron chi connectivity index (χ0n) is 8.21. The Labute approximate surface area is 83.1 Å². The van der Waals surface area contributed by atoms with Gasteiger partial charge in [-0.2, -0.15) is 13.2 Å². The average molecular weight is 225 g/mol. The maximum absolute atomic E-state index is 12.3. The minimum Gasteiger partial charge on any atom is -0.383 e. The van der Waals surface area contributed by atoms with Crippen molar-refractivity contribution >= 4 is 0 Å². The van der Waals surface area contributed by atoms with Crippen LogP contribution in [0.4, 0.5) is 13.2 Å². The third kappa shape index (κ3) is 2.38. The van der Waals surface area contributed by atoms with E-state index in [1.807, 2.05) is 0 Å². The van der Waals surface area contributed by atoms with Crippen LogP contribution in [0.1, 0.15) is 5.82 Å². The second-order valence-corrected chi connectivity index (χ2v) is 2.88. The number of nitrogens with zero attached hydrogens (tertiary/aromatic N) is 3. The summed E-state index contributed by atoms with van der Waals surface area (Å²) in [7, 11) is 2.42. The van der Waals surface area contributed by atoms with Gasteiger partial charge < -0.3 is 4.74 Å². The van der Waals surface area contributed by atoms with Gasteiger partial charge in [-0.1, -0.05) is 0 Å². The molecule has 15 heavy (non-hydrogen) atoms. The van der Waals surface area contributed by atoms with Crippen LogP contribution in [0.5, 0.6) is 0 Å². The number of methoxy groups -OCH3 is 1. The van der Waals surface area contributed by atoms with Crippen LogP contribution >= 0.6 is 0 Å². The molecule has 0 fully saturated rings. The molecule has 0 saturated heterocycles. The minimum absolute atomic E-state index is 0.000741. The summed E-state index contributed by atoms with van der Waals surface area (Å²) in [6.45, 7) is 0.132. The summed E-state index contributed by atoms with van der Waals surface area (Å²) in [5, 5.41) is 3.18. The fourth-order valence-electron chi connectivity index (χ4n) is 1.06. The van der Waals surface area contributed by atoms with Crippen LogP contribution < -0.4 is 5.69 Å². The van der Waals surface area contributed by atoms with E-state index in [2.05, 4.69) is 9.84 Å². The number of rotatable bonds is 3. The monoisotopic (exact) mass is 225 g/mol. The molecule has 1 rings (SSSR count). The highest BCUT2D eigenvalue weighted by atomic mass is 19.4. The van der Waals surface area contributed by atoms with Crippen molar-refractivity contribution in [2.45, 2.75) is 12.7 Å². The maximum Gasteiger partial charge on any atom is 0.451 e. The largest absolute Gasteiger partial charge is 0.451 e. The smallest absolute Gasteiger partial charge is 0.383 e. The van der Waals surface area contributed by atoms with Crippen molar-refractivity contribution in [2.24, 2.45) is 7.05 Å². The van der Waals surface area contributed by atoms with E-state index in [0.717, 1.165) is 11.7 Å². The van der Waals surface area contributed by atoms with Gasteiger partial charge in [0.1, 0.15) is 0 Å². The Bertz CT molecular complexity index is 393. The summed E-state index contributed by atoms with van der Waals surface area (Å²) < 4.78 is 42.7. The topological polar surface area (TPSA) is 49.0 Å². The van der Waals surface area contributed by atoms with E-state index in [0.29, 0.717) is 4.57 Å². The highest BCUT2D eigenvalue weighted by Gasteiger charge is 2.37. The lowest BCUT2D eigenvalue weighted by Gasteiger charge is -2.02. The standard InChI is InChI=1S/C7H10F3N3O2/c1-12-5(7(8,9)10)11-13(6(12)14)3-4-15-2/h3-4H2,1-2H3. The highest BCUT2D eigenvalue weighted by molar-refractivity contribution is 4.91. The van der Waals surface area contributed by atoms with Crippen LogP contribution in [-0.4, -0.2) is 28.1 Å². The van der Waals surface area contributed by atoms with Gasteiger partial charge in [-0.15, -0.1) is 5.10 Å². The Kier molecular flexibility index (Phi) is 3.18. The first-order valence-corrected chi connectivity index (χ1v) is 4.08. The fourth-order valence-corrected chi connectivity index (χ4v) is 1.06. The lowest BCUT2D eigenvalue weighted by Crippen LogP contribution is -2.25. The lowest BCUT2D eigenvalue weighted by atomic mass is 10.6. The Balaban J connectivity index is 3.08. The summed E-state index contributed by atoms with van der Waals surface area (Å²) in [6, 6.07) is 0. The van der Waals surface area contributed by atoms with E-state index in [4.69, 9.17) is 0 Å². The Morgan fingerprint density at radius 2 is 2.07 bits per heavy atom. The second-order valence-electron chi connectivity index (χ2n) is 2.88. The van der Waals surface area contributed by atoms with Crippen molar-refractivity contribution in [3.63, 3.8) is 0 Å². The van der Waals surface area contributed by atoms with Gasteiger partial charge >= 0.3 is 11.9 Å². The summed E-state index contributed by atoms with van der Waals surface area (Å²) in [5.41, 5.74) is -0.806. The number of hydrogen-bond donors (Lipinski definition) is 0. The van der Waals surface area contributed by atoms with Crippen molar-refractivity contribution in [3.05, 3.63) is 16.3 Å². The molecule has 0 amide bonds. The van der Waals surface area contributed by atoms with Gasteiger partial charge in [0.25, 0.3) is 0 Å². The molecule has 0 aromatic carbocycles. The van der Waals surface area contributed by atoms with Crippen LogP contribution in [0, 0.1) is 0 Å². The normalized spacial score (nSPS) is 12.1. The van der Waals surface area contributed by atoms with E-state index in [1.165, 1.54) is 7.11 Å². The van der Waals surface area contributed by atoms with Gasteiger partial charge in [-0.25, -0.2) is 9.48 Å². The van der Waals surface area contributed by atoms with Crippen molar-refractivity contribution in [3.8, 4) is 0 Å². The number of aromatic nitrogens is 3. The molecule has 0 unspecified atom stereocenters. The van der Waals surface area contributed by atoms with Crippen LogP contribution in [0.3, 0.4) is 0 Å². The van der Waals surface area contributed by atoms with Crippen molar-refractivity contribution in [1.82, 2.24) is 14.3 Å². The van der Waals surface area contributed by atoms with E-state index < -0.39 is 17.7 Å². The summed E-state index contributed by atoms with van der Waals surface area (Å²) in [4.78, 5) is 11.2. The van der Waals surface area contributed by atoms with Gasteiger partial charge in [0, 0.05) is 14.2 Å². The van der Waals surface area contributed by atoms with Gasteiger partial charge in [-0.05, 0) is 0 Å². The molecule has 0 atom stereocenters. The number of hydrogen-bond acceptors (Lipinski definition) is 3. The molecule has 0 aliphatic heterocycles. The lowest BCUT2D eigenvalue weighted by molar-refractivity contribution is -0.147. The number of alkyl halides is 3. The zero-order chi connectivity index (χ0) is 11.6. The molecular weight excluding hydrogens is 215 g/mol. The molecule has 86 valence electrons. The molecule has 0 spiro atoms. The number of halogens is 3. The highest BCUT2D eigenvalue weighted by Crippen LogP contribution is 2.25. The Morgan fingerprint density at radius 1 is 1.47 bits per heavy atom. The molecule has 0 aliphatic carbocycles. The molecule has 8 heteroatoms. The molecule has 1 aromatic rings. The summed E-state index contributed by atoms with van der Waals surface area (Å²) >= 11 is 0. The van der Waals surface area contributed by atoms with Crippen molar-refractivity contribution in [1.29, 1.82) is 0 Å². The fraction of sp³-hybridized carbons (Fsp3) is 0.714. The first-order chi connectivity index (χ1) is 6.88. The van der Waals surface area contributed by atoms with E-state index in [-0.39, 0.29) is 13.2 Å². The van der Waals surface area contributed by atoms with Crippen LogP contribution in [-0.2, 0) is 24.5 Å². The Morgan fingerprint density at radius 3 is 2.47 bits per heavy atom. The zero-order valence-corrected chi connectivity index (χ0v) is 8.21. The first-order valence-electron chi connectivity index (χ1n) is 4.08. The SMILES string of the molecule is COCCn1nc(C(F)(F)F)n(C)c1=O. The molecular formula is C7H10F3N3O2. The maximum atomic E-state index is 12.3. The third-order valence-corrected chi connectivity index (χ3v) is 1.80. The quantitative estimate of drug-likeness (QED) is 0.740. The van der Waals surface area contributed by atoms with E-state index in [9.17, 15) is 18.0 Å². The molecule has 5 nitrogen and oxygen atoms in total. The predicted molar refractivity (Wildman–Crippen MR) is 44.3 cm³/mol. The van der Waals surface area contributed by atoms with Crippen LogP contribution in [0.25, 0.3) is 0 Å². The van der Waals surface area contributed by atoms with Gasteiger partial charge in [0.15, 0.2) is 0 Å². The minimum atomic E-state index is -4.62. The molecule has 0 radical (unpaired) electrons. The van der Waals surface area contributed by atoms with Gasteiger partial charge in [0.05, 0.1) is 13.2 Å². The van der Waals surface area contributed by atoms with E-state index >= 15 is 0 Å². The molecule has 0 saturated carbocycles. The number of ether oxygens (including phenoxy) is 1. The summed E-state index contributed by atoms with van der Waals surface area (Å²) in [5.74, 6) is -1.20. The van der Waals surface area contributed by atoms with Gasteiger partial charge in [0.2, 0.25) is 5.82 Å². The molecule has 1 heterocycles. The first kappa shape index (κ1) is 11.8. The molecule has 0 N–H and O–H groups in total. The van der Waals surface area contributed by atoms with Crippen molar-refractivity contribution < 1.29 is 17.9 Å². The van der Waals surface area contributed by atoms with Gasteiger partial charge in [-0.3, -0.25) is 4.57 Å². The van der Waals surface area contributed by atoms with Crippen molar-refractivity contribution in [2.75, 3.05) is 13.7 Å². The summed E-state index contributed by atoms with van der Waals surface area (Å²) in [6.07, 6.45) is -4.62. The Hall–Kier alpha value is -1.31. The molecule has 0 aliphatic rings. The predicted octanol–water partition coefficient (Wildman–Crippen LogP) is 0.247. The second kappa shape index (κ2) is 4.05. The average Bonchev–Trinajstić information content (AvgIpc) is 2.41. The van der Waals surface area contributed by atoms with Crippen LogP contribution in [0.15, 0.2) is 4.79 Å². The van der Waals surface area contributed by atoms with E-state index in [1.54, 1.807) is 0 Å².